The Hall–Kier alpha value is -3.58. The Labute approximate surface area is 181 Å². The first-order chi connectivity index (χ1) is 14.5. The van der Waals surface area contributed by atoms with Crippen LogP contribution in [0.1, 0.15) is 24.2 Å². The summed E-state index contributed by atoms with van der Waals surface area (Å²) in [5, 5.41) is 14.2. The zero-order valence-corrected chi connectivity index (χ0v) is 17.5. The molecule has 0 spiro atoms. The first-order valence-electron chi connectivity index (χ1n) is 9.45. The van der Waals surface area contributed by atoms with Crippen LogP contribution in [0.5, 0.6) is 5.75 Å². The van der Waals surface area contributed by atoms with Gasteiger partial charge < -0.3 is 10.1 Å². The molecule has 0 fully saturated rings. The molecular weight excluding hydrogens is 396 g/mol. The normalized spacial score (nSPS) is 10.8. The number of carbonyl (C=O) groups excluding carboxylic acids is 1. The monoisotopic (exact) mass is 418 g/mol. The quantitative estimate of drug-likeness (QED) is 0.379. The number of thiocarbonyl (C=S) groups is 1. The van der Waals surface area contributed by atoms with Crippen LogP contribution < -0.4 is 15.4 Å². The number of carbonyl (C=O) groups is 1. The molecule has 0 unspecified atom stereocenters. The standard InChI is InChI=1S/C23H22N4O2S/c1-16(2)29-21-10-6-7-17(15-21)22(28)25-23(30)24-18-11-13-20(14-12-18)27-26-19-8-4-3-5-9-19/h3-16H,1-2H3,(H2,24,25,28,30). The van der Waals surface area contributed by atoms with E-state index >= 15 is 0 Å². The minimum atomic E-state index is -0.310. The summed E-state index contributed by atoms with van der Waals surface area (Å²) in [4.78, 5) is 12.4. The van der Waals surface area contributed by atoms with Crippen LogP contribution in [0.25, 0.3) is 0 Å². The van der Waals surface area contributed by atoms with Gasteiger partial charge in [0.1, 0.15) is 5.75 Å². The van der Waals surface area contributed by atoms with Crippen molar-refractivity contribution in [3.63, 3.8) is 0 Å². The van der Waals surface area contributed by atoms with Crippen LogP contribution in [0.4, 0.5) is 17.1 Å². The topological polar surface area (TPSA) is 75.1 Å². The number of rotatable bonds is 6. The van der Waals surface area contributed by atoms with Crippen molar-refractivity contribution in [1.29, 1.82) is 0 Å². The molecule has 0 aliphatic heterocycles. The molecule has 0 atom stereocenters. The van der Waals surface area contributed by atoms with Gasteiger partial charge >= 0.3 is 0 Å². The maximum Gasteiger partial charge on any atom is 0.257 e. The maximum absolute atomic E-state index is 12.4. The van der Waals surface area contributed by atoms with Gasteiger partial charge in [0.15, 0.2) is 5.11 Å². The highest BCUT2D eigenvalue weighted by atomic mass is 32.1. The van der Waals surface area contributed by atoms with Gasteiger partial charge in [0.25, 0.3) is 5.91 Å². The van der Waals surface area contributed by atoms with Crippen molar-refractivity contribution in [3.05, 3.63) is 84.4 Å². The predicted octanol–water partition coefficient (Wildman–Crippen LogP) is 6.02. The lowest BCUT2D eigenvalue weighted by atomic mass is 10.2. The summed E-state index contributed by atoms with van der Waals surface area (Å²) in [5.41, 5.74) is 2.69. The van der Waals surface area contributed by atoms with Crippen molar-refractivity contribution in [1.82, 2.24) is 5.32 Å². The molecule has 0 saturated heterocycles. The van der Waals surface area contributed by atoms with Gasteiger partial charge in [-0.15, -0.1) is 0 Å². The van der Waals surface area contributed by atoms with E-state index in [9.17, 15) is 4.79 Å². The maximum atomic E-state index is 12.4. The van der Waals surface area contributed by atoms with E-state index in [-0.39, 0.29) is 17.1 Å². The number of nitrogens with zero attached hydrogens (tertiary/aromatic N) is 2. The highest BCUT2D eigenvalue weighted by molar-refractivity contribution is 7.80. The van der Waals surface area contributed by atoms with Gasteiger partial charge in [0, 0.05) is 11.3 Å². The molecule has 152 valence electrons. The van der Waals surface area contributed by atoms with Crippen molar-refractivity contribution < 1.29 is 9.53 Å². The van der Waals surface area contributed by atoms with Crippen molar-refractivity contribution in [3.8, 4) is 5.75 Å². The van der Waals surface area contributed by atoms with Crippen LogP contribution in [0, 0.1) is 0 Å². The molecule has 3 aromatic rings. The lowest BCUT2D eigenvalue weighted by Crippen LogP contribution is -2.34. The van der Waals surface area contributed by atoms with E-state index < -0.39 is 0 Å². The fourth-order valence-corrected chi connectivity index (χ4v) is 2.75. The van der Waals surface area contributed by atoms with Crippen molar-refractivity contribution >= 4 is 40.3 Å². The molecule has 0 saturated carbocycles. The number of hydrogen-bond acceptors (Lipinski definition) is 5. The molecule has 0 aliphatic carbocycles. The summed E-state index contributed by atoms with van der Waals surface area (Å²) in [6, 6.07) is 23.7. The Balaban J connectivity index is 1.55. The van der Waals surface area contributed by atoms with Gasteiger partial charge in [-0.3, -0.25) is 10.1 Å². The molecule has 1 amide bonds. The summed E-state index contributed by atoms with van der Waals surface area (Å²) in [7, 11) is 0. The van der Waals surface area contributed by atoms with E-state index in [2.05, 4.69) is 20.9 Å². The van der Waals surface area contributed by atoms with Crippen LogP contribution in [0.2, 0.25) is 0 Å². The molecule has 0 aromatic heterocycles. The van der Waals surface area contributed by atoms with Gasteiger partial charge in [0.2, 0.25) is 0 Å². The van der Waals surface area contributed by atoms with Crippen LogP contribution in [0.15, 0.2) is 89.1 Å². The van der Waals surface area contributed by atoms with Crippen molar-refractivity contribution in [2.45, 2.75) is 20.0 Å². The third kappa shape index (κ3) is 6.49. The van der Waals surface area contributed by atoms with Crippen molar-refractivity contribution in [2.75, 3.05) is 5.32 Å². The highest BCUT2D eigenvalue weighted by Crippen LogP contribution is 2.20. The van der Waals surface area contributed by atoms with E-state index in [1.54, 1.807) is 18.2 Å². The number of hydrogen-bond donors (Lipinski definition) is 2. The molecule has 0 bridgehead atoms. The number of anilines is 1. The Morgan fingerprint density at radius 1 is 0.900 bits per heavy atom. The summed E-state index contributed by atoms with van der Waals surface area (Å²) < 4.78 is 5.62. The third-order valence-electron chi connectivity index (χ3n) is 3.86. The molecule has 2 N–H and O–H groups in total. The van der Waals surface area contributed by atoms with E-state index in [4.69, 9.17) is 17.0 Å². The summed E-state index contributed by atoms with van der Waals surface area (Å²) in [6.45, 7) is 3.86. The lowest BCUT2D eigenvalue weighted by molar-refractivity contribution is 0.0977. The zero-order chi connectivity index (χ0) is 21.3. The summed E-state index contributed by atoms with van der Waals surface area (Å²) in [5.74, 6) is 0.326. The zero-order valence-electron chi connectivity index (χ0n) is 16.7. The predicted molar refractivity (Wildman–Crippen MR) is 123 cm³/mol. The minimum Gasteiger partial charge on any atom is -0.491 e. The van der Waals surface area contributed by atoms with Crippen LogP contribution >= 0.6 is 12.2 Å². The molecule has 3 rings (SSSR count). The molecule has 7 heteroatoms. The summed E-state index contributed by atoms with van der Waals surface area (Å²) >= 11 is 5.25. The number of azo groups is 1. The third-order valence-corrected chi connectivity index (χ3v) is 4.06. The van der Waals surface area contributed by atoms with E-state index in [1.807, 2.05) is 74.5 Å². The number of ether oxygens (including phenoxy) is 1. The van der Waals surface area contributed by atoms with E-state index in [1.165, 1.54) is 0 Å². The van der Waals surface area contributed by atoms with Gasteiger partial charge in [0.05, 0.1) is 17.5 Å². The highest BCUT2D eigenvalue weighted by Gasteiger charge is 2.10. The first kappa shape index (κ1) is 21.1. The average molecular weight is 419 g/mol. The molecule has 30 heavy (non-hydrogen) atoms. The van der Waals surface area contributed by atoms with E-state index in [0.717, 1.165) is 11.4 Å². The molecular formula is C23H22N4O2S. The Bertz CT molecular complexity index is 1030. The van der Waals surface area contributed by atoms with Crippen LogP contribution in [0.3, 0.4) is 0 Å². The molecule has 0 heterocycles. The lowest BCUT2D eigenvalue weighted by Gasteiger charge is -2.12. The molecule has 0 aliphatic rings. The SMILES string of the molecule is CC(C)Oc1cccc(C(=O)NC(=S)Nc2ccc(N=Nc3ccccc3)cc2)c1. The van der Waals surface area contributed by atoms with Crippen LogP contribution in [-0.4, -0.2) is 17.1 Å². The average Bonchev–Trinajstić information content (AvgIpc) is 2.73. The molecule has 3 aromatic carbocycles. The van der Waals surface area contributed by atoms with Crippen molar-refractivity contribution in [2.24, 2.45) is 10.2 Å². The second kappa shape index (κ2) is 10.3. The largest absolute Gasteiger partial charge is 0.491 e. The second-order valence-electron chi connectivity index (χ2n) is 6.69. The molecule has 6 nitrogen and oxygen atoms in total. The summed E-state index contributed by atoms with van der Waals surface area (Å²) in [6.07, 6.45) is 0.0289. The second-order valence-corrected chi connectivity index (χ2v) is 7.09. The number of amides is 1. The van der Waals surface area contributed by atoms with Gasteiger partial charge in [-0.25, -0.2) is 0 Å². The van der Waals surface area contributed by atoms with Gasteiger partial charge in [-0.2, -0.15) is 10.2 Å². The smallest absolute Gasteiger partial charge is 0.257 e. The Morgan fingerprint density at radius 3 is 2.23 bits per heavy atom. The molecule has 0 radical (unpaired) electrons. The minimum absolute atomic E-state index is 0.0289. The fourth-order valence-electron chi connectivity index (χ4n) is 2.54. The first-order valence-corrected chi connectivity index (χ1v) is 9.86. The van der Waals surface area contributed by atoms with Gasteiger partial charge in [-0.1, -0.05) is 24.3 Å². The van der Waals surface area contributed by atoms with E-state index in [0.29, 0.717) is 17.0 Å². The number of nitrogens with one attached hydrogen (secondary N) is 2. The Kier molecular flexibility index (Phi) is 7.24. The fraction of sp³-hybridized carbons (Fsp3) is 0.130. The Morgan fingerprint density at radius 2 is 1.57 bits per heavy atom. The number of benzene rings is 3. The van der Waals surface area contributed by atoms with Gasteiger partial charge in [-0.05, 0) is 80.7 Å². The van der Waals surface area contributed by atoms with Crippen LogP contribution in [-0.2, 0) is 0 Å².